The molecule has 5 nitrogen and oxygen atoms in total. The number of rotatable bonds is 4. The molecule has 14 rings (SSSR count). The lowest BCUT2D eigenvalue weighted by molar-refractivity contribution is 0.436. The molecular formula is C59H34N2O3. The molecule has 0 radical (unpaired) electrons. The molecule has 0 saturated carbocycles. The van der Waals surface area contributed by atoms with Crippen molar-refractivity contribution < 1.29 is 13.6 Å². The van der Waals surface area contributed by atoms with Crippen LogP contribution in [0.2, 0.25) is 0 Å². The first-order valence-electron chi connectivity index (χ1n) is 21.6. The summed E-state index contributed by atoms with van der Waals surface area (Å²) in [5, 5.41) is 4.28. The average molecular weight is 819 g/mol. The highest BCUT2D eigenvalue weighted by Crippen LogP contribution is 2.62. The summed E-state index contributed by atoms with van der Waals surface area (Å²) in [4.78, 5) is 10.0. The molecule has 2 aliphatic rings. The van der Waals surface area contributed by atoms with Crippen LogP contribution in [0.25, 0.3) is 100 Å². The minimum absolute atomic E-state index is 0.530. The average Bonchev–Trinajstić information content (AvgIpc) is 4.08. The molecule has 1 spiro atoms. The number of aromatic nitrogens is 2. The van der Waals surface area contributed by atoms with Crippen LogP contribution in [-0.2, 0) is 5.41 Å². The van der Waals surface area contributed by atoms with Crippen LogP contribution >= 0.6 is 0 Å². The highest BCUT2D eigenvalue weighted by molar-refractivity contribution is 6.05. The molecular weight excluding hydrogens is 785 g/mol. The molecule has 2 aromatic heterocycles. The molecule has 0 saturated heterocycles. The van der Waals surface area contributed by atoms with Gasteiger partial charge in [-0.05, 0) is 104 Å². The van der Waals surface area contributed by atoms with Crippen LogP contribution in [0, 0.1) is 0 Å². The van der Waals surface area contributed by atoms with Gasteiger partial charge >= 0.3 is 0 Å². The Hall–Kier alpha value is -8.54. The third-order valence-electron chi connectivity index (χ3n) is 13.4. The van der Waals surface area contributed by atoms with Gasteiger partial charge in [0.15, 0.2) is 11.2 Å². The van der Waals surface area contributed by atoms with Crippen molar-refractivity contribution in [3.8, 4) is 67.8 Å². The summed E-state index contributed by atoms with van der Waals surface area (Å²) < 4.78 is 19.8. The Kier molecular flexibility index (Phi) is 7.26. The van der Waals surface area contributed by atoms with Gasteiger partial charge in [-0.2, -0.15) is 0 Å². The summed E-state index contributed by atoms with van der Waals surface area (Å²) in [5.74, 6) is 2.85. The van der Waals surface area contributed by atoms with Crippen molar-refractivity contribution in [3.05, 3.63) is 229 Å². The van der Waals surface area contributed by atoms with Crippen molar-refractivity contribution in [2.24, 2.45) is 0 Å². The molecule has 0 fully saturated rings. The first kappa shape index (κ1) is 35.1. The van der Waals surface area contributed by atoms with Gasteiger partial charge in [-0.3, -0.25) is 0 Å². The smallest absolute Gasteiger partial charge is 0.227 e. The highest BCUT2D eigenvalue weighted by Gasteiger charge is 2.51. The van der Waals surface area contributed by atoms with Crippen molar-refractivity contribution in [2.45, 2.75) is 5.41 Å². The van der Waals surface area contributed by atoms with Crippen LogP contribution < -0.4 is 4.74 Å². The first-order chi connectivity index (χ1) is 31.7. The molecule has 64 heavy (non-hydrogen) atoms. The lowest BCUT2D eigenvalue weighted by atomic mass is 9.66. The van der Waals surface area contributed by atoms with E-state index in [0.29, 0.717) is 11.8 Å². The quantitative estimate of drug-likeness (QED) is 0.177. The molecule has 0 bridgehead atoms. The highest BCUT2D eigenvalue weighted by atomic mass is 16.5. The fourth-order valence-electron chi connectivity index (χ4n) is 10.5. The molecule has 0 unspecified atom stereocenters. The number of para-hydroxylation sites is 2. The Labute approximate surface area is 367 Å². The summed E-state index contributed by atoms with van der Waals surface area (Å²) in [5.41, 5.74) is 16.0. The van der Waals surface area contributed by atoms with E-state index in [1.165, 1.54) is 22.3 Å². The summed E-state index contributed by atoms with van der Waals surface area (Å²) in [6.45, 7) is 0. The second-order valence-electron chi connectivity index (χ2n) is 16.8. The summed E-state index contributed by atoms with van der Waals surface area (Å²) in [6.07, 6.45) is 0. The monoisotopic (exact) mass is 818 g/mol. The van der Waals surface area contributed by atoms with E-state index < -0.39 is 5.41 Å². The molecule has 12 aromatic rings. The van der Waals surface area contributed by atoms with Crippen LogP contribution in [0.4, 0.5) is 0 Å². The maximum atomic E-state index is 6.62. The molecule has 5 heteroatoms. The zero-order valence-electron chi connectivity index (χ0n) is 34.2. The van der Waals surface area contributed by atoms with E-state index in [9.17, 15) is 0 Å². The van der Waals surface area contributed by atoms with E-state index in [-0.39, 0.29) is 0 Å². The predicted molar refractivity (Wildman–Crippen MR) is 256 cm³/mol. The third kappa shape index (κ3) is 5.00. The first-order valence-corrected chi connectivity index (χ1v) is 21.6. The van der Waals surface area contributed by atoms with Gasteiger partial charge in [-0.25, -0.2) is 9.97 Å². The fraction of sp³-hybridized carbons (Fsp3) is 0.0169. The van der Waals surface area contributed by atoms with Gasteiger partial charge in [0, 0.05) is 33.0 Å². The van der Waals surface area contributed by atoms with E-state index >= 15 is 0 Å². The number of hydrogen-bond donors (Lipinski definition) is 0. The zero-order chi connectivity index (χ0) is 41.9. The number of nitrogens with zero attached hydrogens (tertiary/aromatic N) is 2. The fourth-order valence-corrected chi connectivity index (χ4v) is 10.5. The Morgan fingerprint density at radius 1 is 0.328 bits per heavy atom. The predicted octanol–water partition coefficient (Wildman–Crippen LogP) is 15.4. The van der Waals surface area contributed by atoms with Crippen molar-refractivity contribution in [3.63, 3.8) is 0 Å². The number of oxazole rings is 2. The van der Waals surface area contributed by atoms with Crippen LogP contribution in [0.15, 0.2) is 215 Å². The third-order valence-corrected chi connectivity index (χ3v) is 13.4. The summed E-state index contributed by atoms with van der Waals surface area (Å²) >= 11 is 0. The second kappa shape index (κ2) is 13.2. The van der Waals surface area contributed by atoms with Crippen molar-refractivity contribution in [1.29, 1.82) is 0 Å². The van der Waals surface area contributed by atoms with Crippen LogP contribution in [-0.4, -0.2) is 9.97 Å². The molecule has 1 aliphatic heterocycles. The summed E-state index contributed by atoms with van der Waals surface area (Å²) in [6, 6.07) is 72.8. The minimum Gasteiger partial charge on any atom is -0.457 e. The van der Waals surface area contributed by atoms with E-state index in [2.05, 4.69) is 170 Å². The van der Waals surface area contributed by atoms with Crippen molar-refractivity contribution in [2.75, 3.05) is 0 Å². The van der Waals surface area contributed by atoms with E-state index in [1.54, 1.807) is 0 Å². The normalized spacial score (nSPS) is 13.2. The van der Waals surface area contributed by atoms with Crippen LogP contribution in [0.5, 0.6) is 11.5 Å². The molecule has 10 aromatic carbocycles. The van der Waals surface area contributed by atoms with Gasteiger partial charge in [0.25, 0.3) is 0 Å². The second-order valence-corrected chi connectivity index (χ2v) is 16.8. The van der Waals surface area contributed by atoms with E-state index in [1.807, 2.05) is 36.4 Å². The van der Waals surface area contributed by atoms with E-state index in [0.717, 1.165) is 99.8 Å². The molecule has 0 atom stereocenters. The molecule has 1 aliphatic carbocycles. The lowest BCUT2D eigenvalue weighted by Gasteiger charge is -2.39. The Morgan fingerprint density at radius 3 is 1.41 bits per heavy atom. The maximum Gasteiger partial charge on any atom is 0.227 e. The molecule has 3 heterocycles. The zero-order valence-corrected chi connectivity index (χ0v) is 34.2. The number of benzene rings is 10. The Balaban J connectivity index is 0.912. The van der Waals surface area contributed by atoms with Gasteiger partial charge in [0.1, 0.15) is 22.5 Å². The topological polar surface area (TPSA) is 61.3 Å². The molecule has 0 amide bonds. The number of ether oxygens (including phenoxy) is 1. The Morgan fingerprint density at radius 2 is 0.797 bits per heavy atom. The SMILES string of the molecule is c1ccc2c(c1)Oc1ccccc1C21c2ccccc2-c2ccc(-c3ccc(-c4cc(-c5nc6ccc7ccccc7c6o5)cc(-c5nc6ccc7ccccc7c6o5)c4)cc3)cc21. The standard InChI is InChI=1S/C59H34N2O3/c1-3-13-43-37(11-1)26-29-51-55(43)63-57(60-51)41-31-40(32-42(33-41)58-61-52-30-27-38-12-2-4-14-44(38)56(52)64-58)36-23-21-35(22-24-36)39-25-28-46-45-15-5-6-16-47(45)59(50(46)34-39)48-17-7-9-19-53(48)62-54-20-10-8-18-49(54)59/h1-34H. The van der Waals surface area contributed by atoms with Gasteiger partial charge in [-0.1, -0.05) is 158 Å². The van der Waals surface area contributed by atoms with Gasteiger partial charge < -0.3 is 13.6 Å². The lowest BCUT2D eigenvalue weighted by Crippen LogP contribution is -2.32. The maximum absolute atomic E-state index is 6.62. The molecule has 0 N–H and O–H groups in total. The van der Waals surface area contributed by atoms with Crippen LogP contribution in [0.1, 0.15) is 22.3 Å². The van der Waals surface area contributed by atoms with E-state index in [4.69, 9.17) is 23.5 Å². The molecule has 298 valence electrons. The van der Waals surface area contributed by atoms with Crippen molar-refractivity contribution >= 4 is 43.7 Å². The van der Waals surface area contributed by atoms with Gasteiger partial charge in [-0.15, -0.1) is 0 Å². The number of fused-ring (bicyclic) bond motifs is 15. The summed E-state index contributed by atoms with van der Waals surface area (Å²) in [7, 11) is 0. The Bertz CT molecular complexity index is 3720. The van der Waals surface area contributed by atoms with Gasteiger partial charge in [0.05, 0.1) is 5.41 Å². The minimum atomic E-state index is -0.530. The van der Waals surface area contributed by atoms with Gasteiger partial charge in [0.2, 0.25) is 11.8 Å². The van der Waals surface area contributed by atoms with Crippen LogP contribution in [0.3, 0.4) is 0 Å². The van der Waals surface area contributed by atoms with Crippen molar-refractivity contribution in [1.82, 2.24) is 9.97 Å². The largest absolute Gasteiger partial charge is 0.457 e. The number of hydrogen-bond acceptors (Lipinski definition) is 5.